The quantitative estimate of drug-likeness (QED) is 0.835. The minimum absolute atomic E-state index is 0.130. The molecule has 0 spiro atoms. The third-order valence-electron chi connectivity index (χ3n) is 2.47. The van der Waals surface area contributed by atoms with E-state index in [1.54, 1.807) is 0 Å². The summed E-state index contributed by atoms with van der Waals surface area (Å²) in [4.78, 5) is 22.4. The maximum absolute atomic E-state index is 13.5. The van der Waals surface area contributed by atoms with E-state index in [1.165, 1.54) is 13.8 Å². The van der Waals surface area contributed by atoms with Gasteiger partial charge in [0.15, 0.2) is 11.6 Å². The summed E-state index contributed by atoms with van der Waals surface area (Å²) in [6.45, 7) is 2.49. The number of nitrogens with one attached hydrogen (secondary N) is 1. The lowest BCUT2D eigenvalue weighted by Gasteiger charge is -2.09. The molecule has 102 valence electrons. The molecular formula is C12H10BrF2NO3. The van der Waals surface area contributed by atoms with Gasteiger partial charge in [-0.3, -0.25) is 4.79 Å². The van der Waals surface area contributed by atoms with Crippen molar-refractivity contribution in [2.24, 2.45) is 0 Å². The van der Waals surface area contributed by atoms with Crippen molar-refractivity contribution in [3.05, 3.63) is 39.4 Å². The van der Waals surface area contributed by atoms with Crippen molar-refractivity contribution in [2.75, 3.05) is 5.32 Å². The van der Waals surface area contributed by atoms with Crippen LogP contribution < -0.4 is 5.32 Å². The Labute approximate surface area is 116 Å². The molecule has 0 bridgehead atoms. The number of amides is 1. The van der Waals surface area contributed by atoms with Crippen molar-refractivity contribution in [3.63, 3.8) is 0 Å². The molecule has 4 nitrogen and oxygen atoms in total. The summed E-state index contributed by atoms with van der Waals surface area (Å²) in [6.07, 6.45) is 0. The second kappa shape index (κ2) is 5.92. The molecule has 1 aromatic carbocycles. The largest absolute Gasteiger partial charge is 0.478 e. The van der Waals surface area contributed by atoms with Gasteiger partial charge in [0, 0.05) is 15.6 Å². The molecule has 2 N–H and O–H groups in total. The minimum Gasteiger partial charge on any atom is -0.478 e. The number of benzene rings is 1. The normalized spacial score (nSPS) is 11.8. The Balaban J connectivity index is 3.08. The number of carboxylic acids is 1. The lowest BCUT2D eigenvalue weighted by atomic mass is 10.1. The first kappa shape index (κ1) is 15.3. The van der Waals surface area contributed by atoms with Gasteiger partial charge in [-0.1, -0.05) is 15.9 Å². The SMILES string of the molecule is CC(C(=O)O)=C(C)C(=O)Nc1c(F)cc(Br)cc1F. The smallest absolute Gasteiger partial charge is 0.331 e. The van der Waals surface area contributed by atoms with Crippen molar-refractivity contribution in [2.45, 2.75) is 13.8 Å². The second-order valence-electron chi connectivity index (χ2n) is 3.75. The highest BCUT2D eigenvalue weighted by atomic mass is 79.9. The molecule has 0 aliphatic heterocycles. The van der Waals surface area contributed by atoms with E-state index >= 15 is 0 Å². The number of carbonyl (C=O) groups is 2. The molecule has 7 heteroatoms. The fourth-order valence-electron chi connectivity index (χ4n) is 1.20. The molecule has 0 fully saturated rings. The van der Waals surface area contributed by atoms with E-state index in [0.717, 1.165) is 12.1 Å². The van der Waals surface area contributed by atoms with Crippen LogP contribution in [0.4, 0.5) is 14.5 Å². The molecular weight excluding hydrogens is 324 g/mol. The minimum atomic E-state index is -1.27. The number of halogens is 3. The van der Waals surface area contributed by atoms with Gasteiger partial charge in [-0.25, -0.2) is 13.6 Å². The van der Waals surface area contributed by atoms with Gasteiger partial charge in [-0.05, 0) is 26.0 Å². The van der Waals surface area contributed by atoms with Gasteiger partial charge >= 0.3 is 5.97 Å². The van der Waals surface area contributed by atoms with Crippen LogP contribution in [0.3, 0.4) is 0 Å². The number of carboxylic acid groups (broad SMARTS) is 1. The number of rotatable bonds is 3. The Morgan fingerprint density at radius 1 is 1.16 bits per heavy atom. The zero-order chi connectivity index (χ0) is 14.7. The fraction of sp³-hybridized carbons (Fsp3) is 0.167. The maximum atomic E-state index is 13.5. The molecule has 0 unspecified atom stereocenters. The van der Waals surface area contributed by atoms with Gasteiger partial charge in [0.05, 0.1) is 0 Å². The number of hydrogen-bond donors (Lipinski definition) is 2. The molecule has 0 heterocycles. The standard InChI is InChI=1S/C12H10BrF2NO3/c1-5(6(2)12(18)19)11(17)16-10-8(14)3-7(13)4-9(10)15/h3-4H,1-2H3,(H,16,17)(H,18,19). The molecule has 19 heavy (non-hydrogen) atoms. The molecule has 0 aromatic heterocycles. The van der Waals surface area contributed by atoms with Crippen LogP contribution >= 0.6 is 15.9 Å². The van der Waals surface area contributed by atoms with Crippen LogP contribution in [-0.2, 0) is 9.59 Å². The van der Waals surface area contributed by atoms with Gasteiger partial charge < -0.3 is 10.4 Å². The lowest BCUT2D eigenvalue weighted by Crippen LogP contribution is -2.18. The van der Waals surface area contributed by atoms with E-state index in [0.29, 0.717) is 0 Å². The predicted molar refractivity (Wildman–Crippen MR) is 68.7 cm³/mol. The third kappa shape index (κ3) is 3.60. The molecule has 0 saturated heterocycles. The molecule has 0 atom stereocenters. The average molecular weight is 334 g/mol. The molecule has 0 aliphatic carbocycles. The highest BCUT2D eigenvalue weighted by molar-refractivity contribution is 9.10. The van der Waals surface area contributed by atoms with E-state index in [1.807, 2.05) is 5.32 Å². The van der Waals surface area contributed by atoms with E-state index in [9.17, 15) is 18.4 Å². The Kier molecular flexibility index (Phi) is 4.77. The van der Waals surface area contributed by atoms with E-state index in [2.05, 4.69) is 15.9 Å². The second-order valence-corrected chi connectivity index (χ2v) is 4.67. The number of hydrogen-bond acceptors (Lipinski definition) is 2. The van der Waals surface area contributed by atoms with Crippen LogP contribution in [0.1, 0.15) is 13.8 Å². The van der Waals surface area contributed by atoms with Crippen molar-refractivity contribution in [1.82, 2.24) is 0 Å². The fourth-order valence-corrected chi connectivity index (χ4v) is 1.60. The third-order valence-corrected chi connectivity index (χ3v) is 2.93. The molecule has 1 aromatic rings. The first-order chi connectivity index (χ1) is 8.73. The zero-order valence-corrected chi connectivity index (χ0v) is 11.6. The van der Waals surface area contributed by atoms with Gasteiger partial charge in [-0.2, -0.15) is 0 Å². The van der Waals surface area contributed by atoms with Gasteiger partial charge in [0.1, 0.15) is 5.69 Å². The first-order valence-electron chi connectivity index (χ1n) is 5.10. The highest BCUT2D eigenvalue weighted by Gasteiger charge is 2.17. The summed E-state index contributed by atoms with van der Waals surface area (Å²) < 4.78 is 27.1. The highest BCUT2D eigenvalue weighted by Crippen LogP contribution is 2.24. The summed E-state index contributed by atoms with van der Waals surface area (Å²) in [7, 11) is 0. The van der Waals surface area contributed by atoms with E-state index in [4.69, 9.17) is 5.11 Å². The number of anilines is 1. The van der Waals surface area contributed by atoms with Crippen molar-refractivity contribution >= 4 is 33.5 Å². The Hall–Kier alpha value is -1.76. The number of aliphatic carboxylic acids is 1. The molecule has 0 aliphatic rings. The lowest BCUT2D eigenvalue weighted by molar-refractivity contribution is -0.133. The zero-order valence-electron chi connectivity index (χ0n) is 10.1. The van der Waals surface area contributed by atoms with Crippen LogP contribution in [0.15, 0.2) is 27.8 Å². The Bertz CT molecular complexity index is 561. The van der Waals surface area contributed by atoms with Crippen LogP contribution in [0.5, 0.6) is 0 Å². The first-order valence-corrected chi connectivity index (χ1v) is 5.90. The summed E-state index contributed by atoms with van der Waals surface area (Å²) >= 11 is 2.90. The molecule has 1 amide bonds. The van der Waals surface area contributed by atoms with Crippen LogP contribution in [0, 0.1) is 11.6 Å². The summed E-state index contributed by atoms with van der Waals surface area (Å²) in [5.41, 5.74) is -0.949. The van der Waals surface area contributed by atoms with Crippen molar-refractivity contribution in [3.8, 4) is 0 Å². The Morgan fingerprint density at radius 3 is 2.05 bits per heavy atom. The van der Waals surface area contributed by atoms with Crippen LogP contribution in [0.2, 0.25) is 0 Å². The molecule has 1 rings (SSSR count). The van der Waals surface area contributed by atoms with E-state index < -0.39 is 29.2 Å². The summed E-state index contributed by atoms with van der Waals surface area (Å²) in [5.74, 6) is -4.06. The average Bonchev–Trinajstić information content (AvgIpc) is 2.31. The monoisotopic (exact) mass is 333 g/mol. The van der Waals surface area contributed by atoms with Gasteiger partial charge in [0.2, 0.25) is 0 Å². The van der Waals surface area contributed by atoms with Gasteiger partial charge in [0.25, 0.3) is 5.91 Å². The molecule has 0 radical (unpaired) electrons. The van der Waals surface area contributed by atoms with E-state index in [-0.39, 0.29) is 15.6 Å². The van der Waals surface area contributed by atoms with Crippen molar-refractivity contribution < 1.29 is 23.5 Å². The summed E-state index contributed by atoms with van der Waals surface area (Å²) in [5, 5.41) is 10.7. The maximum Gasteiger partial charge on any atom is 0.331 e. The number of carbonyl (C=O) groups excluding carboxylic acids is 1. The van der Waals surface area contributed by atoms with Gasteiger partial charge in [-0.15, -0.1) is 0 Å². The topological polar surface area (TPSA) is 66.4 Å². The summed E-state index contributed by atoms with van der Waals surface area (Å²) in [6, 6.07) is 1.98. The van der Waals surface area contributed by atoms with Crippen molar-refractivity contribution in [1.29, 1.82) is 0 Å². The predicted octanol–water partition coefficient (Wildman–Crippen LogP) is 3.09. The Morgan fingerprint density at radius 2 is 1.63 bits per heavy atom. The van der Waals surface area contributed by atoms with Crippen LogP contribution in [0.25, 0.3) is 0 Å². The molecule has 0 saturated carbocycles. The van der Waals surface area contributed by atoms with Crippen LogP contribution in [-0.4, -0.2) is 17.0 Å².